The molecule has 0 aromatic heterocycles. The Kier molecular flexibility index (Phi) is 6.86. The van der Waals surface area contributed by atoms with Gasteiger partial charge in [-0.3, -0.25) is 4.79 Å². The Balaban J connectivity index is 2.52. The second-order valence-corrected chi connectivity index (χ2v) is 5.60. The number of aliphatic hydroxyl groups excluding tert-OH is 1. The molecule has 1 aromatic carbocycles. The predicted octanol–water partition coefficient (Wildman–Crippen LogP) is 2.84. The van der Waals surface area contributed by atoms with E-state index in [1.807, 2.05) is 6.26 Å². The molecule has 0 radical (unpaired) electrons. The van der Waals surface area contributed by atoms with E-state index in [9.17, 15) is 9.90 Å². The van der Waals surface area contributed by atoms with E-state index in [0.717, 1.165) is 5.75 Å². The molecule has 2 N–H and O–H groups in total. The Morgan fingerprint density at radius 1 is 1.50 bits per heavy atom. The monoisotopic (exact) mass is 307 g/mol. The minimum absolute atomic E-state index is 0.211. The van der Waals surface area contributed by atoms with Gasteiger partial charge in [-0.2, -0.15) is 11.8 Å². The van der Waals surface area contributed by atoms with Gasteiger partial charge in [0, 0.05) is 11.6 Å². The number of hydrogen-bond acceptors (Lipinski definition) is 3. The highest BCUT2D eigenvalue weighted by molar-refractivity contribution is 7.98. The number of thioether (sulfide) groups is 1. The maximum atomic E-state index is 11.8. The normalized spacial score (nSPS) is 12.2. The predicted molar refractivity (Wildman–Crippen MR) is 77.8 cm³/mol. The van der Waals surface area contributed by atoms with Crippen LogP contribution in [0.2, 0.25) is 10.0 Å². The molecule has 0 fully saturated rings. The van der Waals surface area contributed by atoms with Gasteiger partial charge in [-0.25, -0.2) is 0 Å². The number of rotatable bonds is 6. The van der Waals surface area contributed by atoms with Crippen LogP contribution in [0.5, 0.6) is 0 Å². The van der Waals surface area contributed by atoms with E-state index in [2.05, 4.69) is 5.32 Å². The minimum atomic E-state index is -0.542. The molecule has 1 rings (SSSR count). The Morgan fingerprint density at radius 3 is 2.89 bits per heavy atom. The second-order valence-electron chi connectivity index (χ2n) is 3.77. The van der Waals surface area contributed by atoms with E-state index in [4.69, 9.17) is 23.2 Å². The summed E-state index contributed by atoms with van der Waals surface area (Å²) in [5, 5.41) is 13.0. The average molecular weight is 308 g/mol. The van der Waals surface area contributed by atoms with Gasteiger partial charge in [-0.05, 0) is 36.6 Å². The molecule has 0 saturated carbocycles. The van der Waals surface area contributed by atoms with Crippen molar-refractivity contribution in [3.05, 3.63) is 33.8 Å². The highest BCUT2D eigenvalue weighted by Gasteiger charge is 2.12. The lowest BCUT2D eigenvalue weighted by molar-refractivity contribution is 0.0914. The van der Waals surface area contributed by atoms with Crippen LogP contribution in [-0.2, 0) is 0 Å². The van der Waals surface area contributed by atoms with Gasteiger partial charge in [0.15, 0.2) is 0 Å². The van der Waals surface area contributed by atoms with Gasteiger partial charge in [-0.1, -0.05) is 23.2 Å². The number of aliphatic hydroxyl groups is 1. The summed E-state index contributed by atoms with van der Waals surface area (Å²) in [5.41, 5.74) is 0.321. The van der Waals surface area contributed by atoms with Crippen molar-refractivity contribution in [2.45, 2.75) is 12.5 Å². The highest BCUT2D eigenvalue weighted by atomic mass is 35.5. The van der Waals surface area contributed by atoms with Crippen LogP contribution < -0.4 is 5.32 Å². The molecule has 0 bridgehead atoms. The molecule has 1 aromatic rings. The lowest BCUT2D eigenvalue weighted by atomic mass is 10.2. The zero-order valence-electron chi connectivity index (χ0n) is 9.95. The lowest BCUT2D eigenvalue weighted by Gasteiger charge is -2.12. The molecule has 1 amide bonds. The van der Waals surface area contributed by atoms with Crippen molar-refractivity contribution in [2.75, 3.05) is 18.6 Å². The van der Waals surface area contributed by atoms with Gasteiger partial charge in [0.2, 0.25) is 0 Å². The quantitative estimate of drug-likeness (QED) is 0.849. The maximum Gasteiger partial charge on any atom is 0.252 e. The van der Waals surface area contributed by atoms with Gasteiger partial charge in [0.1, 0.15) is 0 Å². The van der Waals surface area contributed by atoms with E-state index in [0.29, 0.717) is 22.0 Å². The van der Waals surface area contributed by atoms with Crippen molar-refractivity contribution in [1.29, 1.82) is 0 Å². The standard InChI is InChI=1S/C12H15Cl2NO2S/c1-18-5-4-9(16)7-15-12(17)10-6-8(13)2-3-11(10)14/h2-3,6,9,16H,4-5,7H2,1H3,(H,15,17). The fourth-order valence-electron chi connectivity index (χ4n) is 1.33. The summed E-state index contributed by atoms with van der Waals surface area (Å²) in [7, 11) is 0. The highest BCUT2D eigenvalue weighted by Crippen LogP contribution is 2.20. The number of carbonyl (C=O) groups is 1. The summed E-state index contributed by atoms with van der Waals surface area (Å²) < 4.78 is 0. The molecule has 100 valence electrons. The van der Waals surface area contributed by atoms with Crippen molar-refractivity contribution >= 4 is 40.9 Å². The van der Waals surface area contributed by atoms with Gasteiger partial charge in [0.05, 0.1) is 16.7 Å². The van der Waals surface area contributed by atoms with Crippen molar-refractivity contribution in [3.8, 4) is 0 Å². The van der Waals surface area contributed by atoms with Gasteiger partial charge in [-0.15, -0.1) is 0 Å². The SMILES string of the molecule is CSCCC(O)CNC(=O)c1cc(Cl)ccc1Cl. The van der Waals surface area contributed by atoms with Crippen LogP contribution in [0.15, 0.2) is 18.2 Å². The molecule has 0 aliphatic carbocycles. The van der Waals surface area contributed by atoms with E-state index in [1.54, 1.807) is 23.9 Å². The zero-order valence-corrected chi connectivity index (χ0v) is 12.3. The molecule has 1 atom stereocenters. The lowest BCUT2D eigenvalue weighted by Crippen LogP contribution is -2.32. The molecular weight excluding hydrogens is 293 g/mol. The van der Waals surface area contributed by atoms with Crippen molar-refractivity contribution in [3.63, 3.8) is 0 Å². The molecule has 0 heterocycles. The van der Waals surface area contributed by atoms with E-state index >= 15 is 0 Å². The second kappa shape index (κ2) is 7.89. The number of amides is 1. The van der Waals surface area contributed by atoms with Gasteiger partial charge in [0.25, 0.3) is 5.91 Å². The van der Waals surface area contributed by atoms with Crippen LogP contribution in [-0.4, -0.2) is 35.7 Å². The van der Waals surface area contributed by atoms with Crippen molar-refractivity contribution < 1.29 is 9.90 Å². The third kappa shape index (κ3) is 5.06. The molecule has 18 heavy (non-hydrogen) atoms. The molecule has 0 spiro atoms. The summed E-state index contributed by atoms with van der Waals surface area (Å²) in [5.74, 6) is 0.528. The maximum absolute atomic E-state index is 11.8. The molecule has 0 aliphatic heterocycles. The van der Waals surface area contributed by atoms with Gasteiger partial charge < -0.3 is 10.4 Å². The van der Waals surface area contributed by atoms with E-state index in [1.165, 1.54) is 6.07 Å². The van der Waals surface area contributed by atoms with Crippen LogP contribution in [0.1, 0.15) is 16.8 Å². The van der Waals surface area contributed by atoms with Crippen LogP contribution in [0.3, 0.4) is 0 Å². The summed E-state index contributed by atoms with van der Waals surface area (Å²) in [6.45, 7) is 0.211. The van der Waals surface area contributed by atoms with Crippen LogP contribution in [0.4, 0.5) is 0 Å². The number of hydrogen-bond donors (Lipinski definition) is 2. The first-order valence-corrected chi connectivity index (χ1v) is 7.60. The Labute approximate surface area is 121 Å². The summed E-state index contributed by atoms with van der Waals surface area (Å²) in [4.78, 5) is 11.8. The molecule has 0 saturated heterocycles. The Hall–Kier alpha value is -0.420. The number of nitrogens with one attached hydrogen (secondary N) is 1. The Morgan fingerprint density at radius 2 is 2.22 bits per heavy atom. The molecule has 0 aliphatic rings. The minimum Gasteiger partial charge on any atom is -0.391 e. The smallest absolute Gasteiger partial charge is 0.252 e. The van der Waals surface area contributed by atoms with E-state index < -0.39 is 6.10 Å². The number of carbonyl (C=O) groups excluding carboxylic acids is 1. The summed E-state index contributed by atoms with van der Waals surface area (Å²) >= 11 is 13.4. The topological polar surface area (TPSA) is 49.3 Å². The first kappa shape index (κ1) is 15.6. The van der Waals surface area contributed by atoms with E-state index in [-0.39, 0.29) is 12.5 Å². The van der Waals surface area contributed by atoms with Crippen LogP contribution in [0, 0.1) is 0 Å². The fourth-order valence-corrected chi connectivity index (χ4v) is 2.22. The third-order valence-electron chi connectivity index (χ3n) is 2.33. The fraction of sp³-hybridized carbons (Fsp3) is 0.417. The molecule has 6 heteroatoms. The summed E-state index contributed by atoms with van der Waals surface area (Å²) in [6.07, 6.45) is 2.07. The first-order chi connectivity index (χ1) is 8.54. The zero-order chi connectivity index (χ0) is 13.5. The van der Waals surface area contributed by atoms with Crippen LogP contribution in [0.25, 0.3) is 0 Å². The number of benzene rings is 1. The third-order valence-corrected chi connectivity index (χ3v) is 3.54. The molecular formula is C12H15Cl2NO2S. The molecule has 1 unspecified atom stereocenters. The van der Waals surface area contributed by atoms with Crippen LogP contribution >= 0.6 is 35.0 Å². The number of halogens is 2. The summed E-state index contributed by atoms with van der Waals surface area (Å²) in [6, 6.07) is 4.70. The average Bonchev–Trinajstić information content (AvgIpc) is 2.36. The van der Waals surface area contributed by atoms with Crippen molar-refractivity contribution in [1.82, 2.24) is 5.32 Å². The largest absolute Gasteiger partial charge is 0.391 e. The van der Waals surface area contributed by atoms with Crippen molar-refractivity contribution in [2.24, 2.45) is 0 Å². The first-order valence-electron chi connectivity index (χ1n) is 5.45. The van der Waals surface area contributed by atoms with Gasteiger partial charge >= 0.3 is 0 Å². The molecule has 3 nitrogen and oxygen atoms in total. The Bertz CT molecular complexity index is 415.